The van der Waals surface area contributed by atoms with Crippen LogP contribution in [0.25, 0.3) is 11.1 Å². The van der Waals surface area contributed by atoms with Crippen molar-refractivity contribution in [2.75, 3.05) is 6.61 Å². The van der Waals surface area contributed by atoms with Crippen molar-refractivity contribution < 1.29 is 13.5 Å². The minimum Gasteiger partial charge on any atom is -0.378 e. The van der Waals surface area contributed by atoms with Crippen molar-refractivity contribution in [2.24, 2.45) is 11.8 Å². The van der Waals surface area contributed by atoms with Crippen LogP contribution in [0.3, 0.4) is 0 Å². The molecule has 0 heterocycles. The minimum atomic E-state index is -0.486. The molecule has 150 valence electrons. The van der Waals surface area contributed by atoms with Crippen LogP contribution in [0.2, 0.25) is 0 Å². The highest BCUT2D eigenvalue weighted by molar-refractivity contribution is 5.64. The number of rotatable bonds is 4. The van der Waals surface area contributed by atoms with Crippen LogP contribution in [0.1, 0.15) is 62.5 Å². The van der Waals surface area contributed by atoms with Gasteiger partial charge in [0.2, 0.25) is 0 Å². The Morgan fingerprint density at radius 2 is 1.50 bits per heavy atom. The zero-order chi connectivity index (χ0) is 19.7. The van der Waals surface area contributed by atoms with E-state index in [9.17, 15) is 8.78 Å². The third-order valence-corrected chi connectivity index (χ3v) is 6.96. The zero-order valence-electron chi connectivity index (χ0n) is 16.9. The molecule has 0 radical (unpaired) electrons. The summed E-state index contributed by atoms with van der Waals surface area (Å²) >= 11 is 0. The molecule has 4 rings (SSSR count). The van der Waals surface area contributed by atoms with Crippen molar-refractivity contribution in [3.63, 3.8) is 0 Å². The summed E-state index contributed by atoms with van der Waals surface area (Å²) in [5, 5.41) is 0. The number of halogens is 2. The predicted octanol–water partition coefficient (Wildman–Crippen LogP) is 7.03. The highest BCUT2D eigenvalue weighted by Gasteiger charge is 2.36. The lowest BCUT2D eigenvalue weighted by atomic mass is 9.65. The van der Waals surface area contributed by atoms with Gasteiger partial charge in [-0.15, -0.1) is 0 Å². The second-order valence-electron chi connectivity index (χ2n) is 8.61. The number of hydrogen-bond acceptors (Lipinski definition) is 1. The number of hydrogen-bond donors (Lipinski definition) is 0. The van der Waals surface area contributed by atoms with E-state index in [2.05, 4.69) is 19.1 Å². The second kappa shape index (κ2) is 8.32. The van der Waals surface area contributed by atoms with E-state index < -0.39 is 11.6 Å². The fraction of sp³-hybridized carbons (Fsp3) is 0.520. The van der Waals surface area contributed by atoms with Crippen molar-refractivity contribution in [1.82, 2.24) is 0 Å². The molecule has 0 saturated heterocycles. The van der Waals surface area contributed by atoms with E-state index >= 15 is 0 Å². The predicted molar refractivity (Wildman–Crippen MR) is 109 cm³/mol. The topological polar surface area (TPSA) is 9.23 Å². The average Bonchev–Trinajstić information content (AvgIpc) is 2.71. The Morgan fingerprint density at radius 3 is 2.18 bits per heavy atom. The molecule has 0 aromatic heterocycles. The van der Waals surface area contributed by atoms with Crippen molar-refractivity contribution in [2.45, 2.75) is 64.4 Å². The van der Waals surface area contributed by atoms with Gasteiger partial charge in [0, 0.05) is 12.2 Å². The van der Waals surface area contributed by atoms with E-state index in [1.807, 2.05) is 12.1 Å². The first-order valence-corrected chi connectivity index (χ1v) is 10.7. The largest absolute Gasteiger partial charge is 0.378 e. The lowest BCUT2D eigenvalue weighted by Crippen LogP contribution is -2.33. The van der Waals surface area contributed by atoms with Gasteiger partial charge in [0.25, 0.3) is 0 Å². The molecule has 2 saturated carbocycles. The normalized spacial score (nSPS) is 27.4. The summed E-state index contributed by atoms with van der Waals surface area (Å²) in [6.45, 7) is 4.38. The molecule has 2 aromatic rings. The van der Waals surface area contributed by atoms with E-state index in [4.69, 9.17) is 4.74 Å². The number of ether oxygens (including phenoxy) is 1. The summed E-state index contributed by atoms with van der Waals surface area (Å²) < 4.78 is 33.6. The fourth-order valence-electron chi connectivity index (χ4n) is 5.30. The molecule has 1 nitrogen and oxygen atoms in total. The Labute approximate surface area is 167 Å². The summed E-state index contributed by atoms with van der Waals surface area (Å²) in [6, 6.07) is 11.2. The van der Waals surface area contributed by atoms with Gasteiger partial charge in [-0.2, -0.15) is 0 Å². The maximum absolute atomic E-state index is 13.9. The molecule has 0 aliphatic heterocycles. The molecule has 0 bridgehead atoms. The summed E-state index contributed by atoms with van der Waals surface area (Å²) in [5.41, 5.74) is 2.91. The number of fused-ring (bicyclic) bond motifs is 1. The molecule has 2 aliphatic carbocycles. The van der Waals surface area contributed by atoms with Gasteiger partial charge in [-0.3, -0.25) is 0 Å². The molecule has 0 N–H and O–H groups in total. The average molecular weight is 385 g/mol. The lowest BCUT2D eigenvalue weighted by Gasteiger charge is -2.42. The van der Waals surface area contributed by atoms with E-state index in [1.54, 1.807) is 0 Å². The van der Waals surface area contributed by atoms with Crippen LogP contribution < -0.4 is 0 Å². The Morgan fingerprint density at radius 1 is 0.857 bits per heavy atom. The van der Waals surface area contributed by atoms with E-state index in [0.717, 1.165) is 24.0 Å². The van der Waals surface area contributed by atoms with Crippen LogP contribution in [0.15, 0.2) is 36.4 Å². The van der Waals surface area contributed by atoms with Gasteiger partial charge >= 0.3 is 0 Å². The van der Waals surface area contributed by atoms with Crippen molar-refractivity contribution >= 4 is 0 Å². The van der Waals surface area contributed by atoms with Crippen LogP contribution in [-0.4, -0.2) is 12.7 Å². The maximum Gasteiger partial charge on any atom is 0.129 e. The number of benzene rings is 2. The molecule has 2 aliphatic rings. The standard InChI is InChI=1S/C25H30F2O/c1-3-28-23-11-10-20-12-19(8-9-21(20)13-23)17-4-6-18(7-5-17)22-14-24(26)16(2)25(27)15-22/h4-7,14-15,19-21,23H,3,8-13H2,1-2H3. The van der Waals surface area contributed by atoms with Gasteiger partial charge in [-0.25, -0.2) is 8.78 Å². The third kappa shape index (κ3) is 4.00. The van der Waals surface area contributed by atoms with Gasteiger partial charge in [-0.05, 0) is 98.9 Å². The smallest absolute Gasteiger partial charge is 0.129 e. The molecular formula is C25H30F2O. The van der Waals surface area contributed by atoms with Gasteiger partial charge in [0.05, 0.1) is 6.10 Å². The molecule has 28 heavy (non-hydrogen) atoms. The van der Waals surface area contributed by atoms with Crippen LogP contribution in [0.5, 0.6) is 0 Å². The fourth-order valence-corrected chi connectivity index (χ4v) is 5.30. The molecule has 0 spiro atoms. The first kappa shape index (κ1) is 19.6. The highest BCUT2D eigenvalue weighted by Crippen LogP contribution is 2.46. The Balaban J connectivity index is 1.44. The molecule has 2 fully saturated rings. The Kier molecular flexibility index (Phi) is 5.82. The molecule has 0 amide bonds. The SMILES string of the molecule is CCOC1CCC2CC(c3ccc(-c4cc(F)c(C)c(F)c4)cc3)CCC2C1. The van der Waals surface area contributed by atoms with Crippen molar-refractivity contribution in [3.8, 4) is 11.1 Å². The minimum absolute atomic E-state index is 0.0798. The van der Waals surface area contributed by atoms with E-state index in [0.29, 0.717) is 17.6 Å². The molecular weight excluding hydrogens is 354 g/mol. The van der Waals surface area contributed by atoms with Gasteiger partial charge in [-0.1, -0.05) is 24.3 Å². The van der Waals surface area contributed by atoms with Crippen molar-refractivity contribution in [3.05, 3.63) is 59.2 Å². The van der Waals surface area contributed by atoms with Crippen molar-refractivity contribution in [1.29, 1.82) is 0 Å². The first-order valence-electron chi connectivity index (χ1n) is 10.7. The van der Waals surface area contributed by atoms with Gasteiger partial charge in [0.15, 0.2) is 0 Å². The zero-order valence-corrected chi connectivity index (χ0v) is 16.9. The highest BCUT2D eigenvalue weighted by atomic mass is 19.1. The van der Waals surface area contributed by atoms with Crippen LogP contribution >= 0.6 is 0 Å². The maximum atomic E-state index is 13.9. The first-order chi connectivity index (χ1) is 13.5. The van der Waals surface area contributed by atoms with Crippen LogP contribution in [0.4, 0.5) is 8.78 Å². The van der Waals surface area contributed by atoms with Gasteiger partial charge < -0.3 is 4.74 Å². The van der Waals surface area contributed by atoms with Gasteiger partial charge in [0.1, 0.15) is 11.6 Å². The molecule has 2 aromatic carbocycles. The Hall–Kier alpha value is -1.74. The quantitative estimate of drug-likeness (QED) is 0.550. The second-order valence-corrected chi connectivity index (χ2v) is 8.61. The summed E-state index contributed by atoms with van der Waals surface area (Å²) in [4.78, 5) is 0. The molecule has 3 heteroatoms. The monoisotopic (exact) mass is 384 g/mol. The van der Waals surface area contributed by atoms with Crippen LogP contribution in [0, 0.1) is 30.4 Å². The van der Waals surface area contributed by atoms with E-state index in [-0.39, 0.29) is 5.56 Å². The molecule has 4 unspecified atom stereocenters. The molecule has 4 atom stereocenters. The van der Waals surface area contributed by atoms with E-state index in [1.165, 1.54) is 63.1 Å². The lowest BCUT2D eigenvalue weighted by molar-refractivity contribution is -0.00955. The third-order valence-electron chi connectivity index (χ3n) is 6.96. The Bertz CT molecular complexity index is 791. The summed E-state index contributed by atoms with van der Waals surface area (Å²) in [5.74, 6) is 1.26. The summed E-state index contributed by atoms with van der Waals surface area (Å²) in [7, 11) is 0. The van der Waals surface area contributed by atoms with Crippen LogP contribution in [-0.2, 0) is 4.74 Å². The summed E-state index contributed by atoms with van der Waals surface area (Å²) in [6.07, 6.45) is 7.96.